The van der Waals surface area contributed by atoms with Gasteiger partial charge in [-0.25, -0.2) is 0 Å². The standard InChI is InChI=1S/C11H11NOS2/c13-10-8-15-11(14)12(10)7-6-9-4-2-1-3-5-9/h1-5H,6-8H2. The van der Waals surface area contributed by atoms with Crippen molar-refractivity contribution in [1.29, 1.82) is 0 Å². The fraction of sp³-hybridized carbons (Fsp3) is 0.273. The van der Waals surface area contributed by atoms with Crippen LogP contribution in [0.25, 0.3) is 0 Å². The second kappa shape index (κ2) is 4.77. The molecule has 15 heavy (non-hydrogen) atoms. The highest BCUT2D eigenvalue weighted by Crippen LogP contribution is 2.19. The number of thiocarbonyl (C=S) groups is 1. The van der Waals surface area contributed by atoms with Gasteiger partial charge in [0.2, 0.25) is 5.91 Å². The van der Waals surface area contributed by atoms with Gasteiger partial charge in [0, 0.05) is 6.54 Å². The van der Waals surface area contributed by atoms with Crippen LogP contribution in [0.4, 0.5) is 0 Å². The number of hydrogen-bond acceptors (Lipinski definition) is 3. The Morgan fingerprint density at radius 2 is 2.07 bits per heavy atom. The maximum absolute atomic E-state index is 11.4. The van der Waals surface area contributed by atoms with Gasteiger partial charge in [0.05, 0.1) is 5.75 Å². The van der Waals surface area contributed by atoms with Crippen molar-refractivity contribution < 1.29 is 4.79 Å². The predicted octanol–water partition coefficient (Wildman–Crippen LogP) is 2.09. The van der Waals surface area contributed by atoms with Gasteiger partial charge in [-0.3, -0.25) is 9.69 Å². The molecule has 78 valence electrons. The first-order chi connectivity index (χ1) is 7.27. The third kappa shape index (κ3) is 2.58. The number of carbonyl (C=O) groups is 1. The Kier molecular flexibility index (Phi) is 3.38. The molecule has 1 aliphatic rings. The van der Waals surface area contributed by atoms with Gasteiger partial charge in [0.25, 0.3) is 0 Å². The Labute approximate surface area is 98.7 Å². The minimum atomic E-state index is 0.140. The maximum atomic E-state index is 11.4. The van der Waals surface area contributed by atoms with Crippen molar-refractivity contribution in [3.05, 3.63) is 35.9 Å². The van der Waals surface area contributed by atoms with Crippen molar-refractivity contribution in [2.45, 2.75) is 6.42 Å². The lowest BCUT2D eigenvalue weighted by molar-refractivity contribution is -0.123. The predicted molar refractivity (Wildman–Crippen MR) is 66.9 cm³/mol. The van der Waals surface area contributed by atoms with E-state index in [9.17, 15) is 4.79 Å². The summed E-state index contributed by atoms with van der Waals surface area (Å²) in [6.45, 7) is 0.703. The molecule has 1 aromatic carbocycles. The Hall–Kier alpha value is -0.870. The van der Waals surface area contributed by atoms with E-state index in [0.717, 1.165) is 10.7 Å². The van der Waals surface area contributed by atoms with Gasteiger partial charge in [0.15, 0.2) is 0 Å². The maximum Gasteiger partial charge on any atom is 0.238 e. The normalized spacial score (nSPS) is 16.1. The van der Waals surface area contributed by atoms with Crippen LogP contribution in [0.2, 0.25) is 0 Å². The molecule has 1 heterocycles. The molecule has 0 aliphatic carbocycles. The first-order valence-electron chi connectivity index (χ1n) is 4.78. The molecule has 1 aromatic rings. The molecule has 0 N–H and O–H groups in total. The summed E-state index contributed by atoms with van der Waals surface area (Å²) in [6, 6.07) is 10.1. The van der Waals surface area contributed by atoms with Crippen LogP contribution >= 0.6 is 24.0 Å². The molecule has 1 aliphatic heterocycles. The molecule has 0 aromatic heterocycles. The molecule has 1 fully saturated rings. The van der Waals surface area contributed by atoms with Gasteiger partial charge in [-0.2, -0.15) is 0 Å². The van der Waals surface area contributed by atoms with E-state index in [1.165, 1.54) is 17.3 Å². The molecule has 2 nitrogen and oxygen atoms in total. The highest BCUT2D eigenvalue weighted by molar-refractivity contribution is 8.23. The van der Waals surface area contributed by atoms with Crippen LogP contribution in [0.3, 0.4) is 0 Å². The van der Waals surface area contributed by atoms with Crippen molar-refractivity contribution in [2.24, 2.45) is 0 Å². The van der Waals surface area contributed by atoms with Crippen LogP contribution < -0.4 is 0 Å². The lowest BCUT2D eigenvalue weighted by Crippen LogP contribution is -2.30. The molecule has 0 saturated carbocycles. The number of hydrogen-bond donors (Lipinski definition) is 0. The van der Waals surface area contributed by atoms with Crippen molar-refractivity contribution in [2.75, 3.05) is 12.3 Å². The molecule has 0 spiro atoms. The summed E-state index contributed by atoms with van der Waals surface area (Å²) in [5.41, 5.74) is 1.24. The van der Waals surface area contributed by atoms with E-state index < -0.39 is 0 Å². The number of carbonyl (C=O) groups excluding carboxylic acids is 1. The van der Waals surface area contributed by atoms with E-state index in [2.05, 4.69) is 12.1 Å². The van der Waals surface area contributed by atoms with E-state index >= 15 is 0 Å². The number of rotatable bonds is 3. The van der Waals surface area contributed by atoms with Gasteiger partial charge in [0.1, 0.15) is 4.32 Å². The minimum absolute atomic E-state index is 0.140. The zero-order valence-electron chi connectivity index (χ0n) is 8.18. The van der Waals surface area contributed by atoms with Crippen LogP contribution in [0.1, 0.15) is 5.56 Å². The highest BCUT2D eigenvalue weighted by Gasteiger charge is 2.25. The number of nitrogens with zero attached hydrogens (tertiary/aromatic N) is 1. The Morgan fingerprint density at radius 1 is 1.33 bits per heavy atom. The topological polar surface area (TPSA) is 20.3 Å². The second-order valence-electron chi connectivity index (χ2n) is 3.34. The fourth-order valence-corrected chi connectivity index (χ4v) is 2.60. The summed E-state index contributed by atoms with van der Waals surface area (Å²) in [4.78, 5) is 13.1. The third-order valence-electron chi connectivity index (χ3n) is 2.31. The summed E-state index contributed by atoms with van der Waals surface area (Å²) in [5.74, 6) is 0.647. The van der Waals surface area contributed by atoms with Crippen LogP contribution in [0.5, 0.6) is 0 Å². The summed E-state index contributed by atoms with van der Waals surface area (Å²) in [7, 11) is 0. The van der Waals surface area contributed by atoms with Gasteiger partial charge < -0.3 is 0 Å². The molecule has 0 radical (unpaired) electrons. The highest BCUT2D eigenvalue weighted by atomic mass is 32.2. The first kappa shape index (κ1) is 10.6. The van der Waals surface area contributed by atoms with Crippen LogP contribution in [0.15, 0.2) is 30.3 Å². The van der Waals surface area contributed by atoms with Gasteiger partial charge >= 0.3 is 0 Å². The van der Waals surface area contributed by atoms with Crippen molar-refractivity contribution in [1.82, 2.24) is 4.90 Å². The number of amides is 1. The van der Waals surface area contributed by atoms with E-state index in [4.69, 9.17) is 12.2 Å². The molecular weight excluding hydrogens is 226 g/mol. The molecule has 2 rings (SSSR count). The number of thioether (sulfide) groups is 1. The van der Waals surface area contributed by atoms with Crippen LogP contribution in [-0.2, 0) is 11.2 Å². The lowest BCUT2D eigenvalue weighted by Gasteiger charge is -2.14. The van der Waals surface area contributed by atoms with Crippen molar-refractivity contribution in [3.63, 3.8) is 0 Å². The fourth-order valence-electron chi connectivity index (χ4n) is 1.48. The molecule has 1 amide bonds. The molecule has 0 bridgehead atoms. The average molecular weight is 237 g/mol. The Morgan fingerprint density at radius 3 is 2.67 bits per heavy atom. The quantitative estimate of drug-likeness (QED) is 0.751. The van der Waals surface area contributed by atoms with Crippen LogP contribution in [-0.4, -0.2) is 27.4 Å². The van der Waals surface area contributed by atoms with E-state index in [1.807, 2.05) is 18.2 Å². The summed E-state index contributed by atoms with van der Waals surface area (Å²) in [6.07, 6.45) is 0.868. The van der Waals surface area contributed by atoms with Gasteiger partial charge in [-0.1, -0.05) is 54.3 Å². The Balaban J connectivity index is 1.93. The largest absolute Gasteiger partial charge is 0.297 e. The van der Waals surface area contributed by atoms with Crippen molar-refractivity contribution >= 4 is 34.2 Å². The average Bonchev–Trinajstić information content (AvgIpc) is 2.58. The van der Waals surface area contributed by atoms with E-state index in [1.54, 1.807) is 4.90 Å². The Bertz CT molecular complexity index is 361. The minimum Gasteiger partial charge on any atom is -0.297 e. The van der Waals surface area contributed by atoms with E-state index in [0.29, 0.717) is 12.3 Å². The molecular formula is C11H11NOS2. The first-order valence-corrected chi connectivity index (χ1v) is 6.18. The van der Waals surface area contributed by atoms with Gasteiger partial charge in [-0.15, -0.1) is 0 Å². The van der Waals surface area contributed by atoms with Crippen molar-refractivity contribution in [3.8, 4) is 0 Å². The SMILES string of the molecule is O=C1CSC(=S)N1CCc1ccccc1. The monoisotopic (exact) mass is 237 g/mol. The number of benzene rings is 1. The van der Waals surface area contributed by atoms with E-state index in [-0.39, 0.29) is 5.91 Å². The third-order valence-corrected chi connectivity index (χ3v) is 3.74. The summed E-state index contributed by atoms with van der Waals surface area (Å²) >= 11 is 6.56. The lowest BCUT2D eigenvalue weighted by atomic mass is 10.1. The molecule has 1 saturated heterocycles. The second-order valence-corrected chi connectivity index (χ2v) is 4.94. The zero-order chi connectivity index (χ0) is 10.7. The summed E-state index contributed by atoms with van der Waals surface area (Å²) < 4.78 is 0.718. The van der Waals surface area contributed by atoms with Crippen LogP contribution in [0, 0.1) is 0 Å². The smallest absolute Gasteiger partial charge is 0.238 e. The molecule has 0 unspecified atom stereocenters. The molecule has 4 heteroatoms. The zero-order valence-corrected chi connectivity index (χ0v) is 9.81. The van der Waals surface area contributed by atoms with Gasteiger partial charge in [-0.05, 0) is 12.0 Å². The molecule has 0 atom stereocenters. The summed E-state index contributed by atoms with van der Waals surface area (Å²) in [5, 5.41) is 0.